The zero-order chi connectivity index (χ0) is 21.6. The summed E-state index contributed by atoms with van der Waals surface area (Å²) in [6.45, 7) is 4.46. The molecule has 1 saturated heterocycles. The Bertz CT molecular complexity index is 906. The Morgan fingerprint density at radius 3 is 2.35 bits per heavy atom. The average Bonchev–Trinajstić information content (AvgIpc) is 3.33. The molecule has 2 aliphatic rings. The zero-order valence-corrected chi connectivity index (χ0v) is 17.9. The van der Waals surface area contributed by atoms with Gasteiger partial charge in [0.25, 0.3) is 11.8 Å². The summed E-state index contributed by atoms with van der Waals surface area (Å²) in [6.07, 6.45) is 3.16. The second-order valence-corrected chi connectivity index (χ2v) is 8.53. The van der Waals surface area contributed by atoms with E-state index in [0.717, 1.165) is 45.4 Å². The number of benzene rings is 2. The Morgan fingerprint density at radius 1 is 0.935 bits per heavy atom. The van der Waals surface area contributed by atoms with E-state index in [-0.39, 0.29) is 11.8 Å². The second kappa shape index (κ2) is 10.1. The molecular weight excluding hydrogens is 390 g/mol. The monoisotopic (exact) mass is 421 g/mol. The molecule has 0 spiro atoms. The standard InChI is InChI=1S/C25H31N3O3/c29-23(18-27-16-12-19-5-1-2-6-22(19)17-27)11-13-26-24(30)20-7-9-21(10-8-20)25(31)28-14-3-4-15-28/h1-2,5-10,23,29H,3-4,11-18H2,(H,26,30). The number of fused-ring (bicyclic) bond motifs is 1. The Hall–Kier alpha value is -2.70. The lowest BCUT2D eigenvalue weighted by Crippen LogP contribution is -2.38. The first-order valence-corrected chi connectivity index (χ1v) is 11.2. The first-order chi connectivity index (χ1) is 15.1. The van der Waals surface area contributed by atoms with Crippen molar-refractivity contribution in [1.82, 2.24) is 15.1 Å². The maximum Gasteiger partial charge on any atom is 0.253 e. The molecule has 2 heterocycles. The third-order valence-corrected chi connectivity index (χ3v) is 6.23. The smallest absolute Gasteiger partial charge is 0.253 e. The van der Waals surface area contributed by atoms with Gasteiger partial charge < -0.3 is 15.3 Å². The summed E-state index contributed by atoms with van der Waals surface area (Å²) in [7, 11) is 0. The predicted octanol–water partition coefficient (Wildman–Crippen LogP) is 2.46. The van der Waals surface area contributed by atoms with E-state index in [9.17, 15) is 14.7 Å². The number of hydrogen-bond donors (Lipinski definition) is 2. The highest BCUT2D eigenvalue weighted by Gasteiger charge is 2.20. The van der Waals surface area contributed by atoms with Gasteiger partial charge in [-0.05, 0) is 61.1 Å². The molecule has 2 aliphatic heterocycles. The number of rotatable bonds is 7. The third-order valence-electron chi connectivity index (χ3n) is 6.23. The Morgan fingerprint density at radius 2 is 1.61 bits per heavy atom. The van der Waals surface area contributed by atoms with Gasteiger partial charge in [0.1, 0.15) is 0 Å². The number of aliphatic hydroxyl groups is 1. The van der Waals surface area contributed by atoms with E-state index in [4.69, 9.17) is 0 Å². The highest BCUT2D eigenvalue weighted by molar-refractivity contribution is 5.97. The Balaban J connectivity index is 1.20. The van der Waals surface area contributed by atoms with E-state index in [2.05, 4.69) is 34.5 Å². The molecule has 1 atom stereocenters. The van der Waals surface area contributed by atoms with Gasteiger partial charge in [-0.25, -0.2) is 0 Å². The summed E-state index contributed by atoms with van der Waals surface area (Å²) in [4.78, 5) is 28.9. The van der Waals surface area contributed by atoms with Gasteiger partial charge in [-0.15, -0.1) is 0 Å². The molecule has 0 radical (unpaired) electrons. The molecular formula is C25H31N3O3. The van der Waals surface area contributed by atoms with Crippen LogP contribution in [0.1, 0.15) is 51.1 Å². The molecule has 4 rings (SSSR count). The number of carbonyl (C=O) groups is 2. The first-order valence-electron chi connectivity index (χ1n) is 11.2. The molecule has 2 aromatic rings. The fourth-order valence-corrected chi connectivity index (χ4v) is 4.42. The molecule has 2 amide bonds. The number of hydrogen-bond acceptors (Lipinski definition) is 4. The van der Waals surface area contributed by atoms with Crippen LogP contribution in [0.4, 0.5) is 0 Å². The van der Waals surface area contributed by atoms with Crippen molar-refractivity contribution in [2.24, 2.45) is 0 Å². The molecule has 2 aromatic carbocycles. The molecule has 164 valence electrons. The van der Waals surface area contributed by atoms with Gasteiger partial charge in [0.2, 0.25) is 0 Å². The molecule has 6 nitrogen and oxygen atoms in total. The number of nitrogens with one attached hydrogen (secondary N) is 1. The van der Waals surface area contributed by atoms with Gasteiger partial charge in [0.05, 0.1) is 6.10 Å². The minimum Gasteiger partial charge on any atom is -0.392 e. The Kier molecular flexibility index (Phi) is 6.99. The van der Waals surface area contributed by atoms with E-state index in [0.29, 0.717) is 30.6 Å². The molecule has 2 N–H and O–H groups in total. The summed E-state index contributed by atoms with van der Waals surface area (Å²) in [5, 5.41) is 13.3. The van der Waals surface area contributed by atoms with Crippen LogP contribution in [0.3, 0.4) is 0 Å². The lowest BCUT2D eigenvalue weighted by atomic mass is 9.99. The van der Waals surface area contributed by atoms with Crippen LogP contribution in [0.2, 0.25) is 0 Å². The lowest BCUT2D eigenvalue weighted by Gasteiger charge is -2.30. The number of likely N-dealkylation sites (tertiary alicyclic amines) is 1. The maximum atomic E-state index is 12.4. The normalized spacial score (nSPS) is 17.3. The summed E-state index contributed by atoms with van der Waals surface area (Å²) < 4.78 is 0. The SMILES string of the molecule is O=C(NCCC(O)CN1CCc2ccccc2C1)c1ccc(C(=O)N2CCCC2)cc1. The number of carbonyl (C=O) groups excluding carboxylic acids is 2. The van der Waals surface area contributed by atoms with E-state index in [1.54, 1.807) is 24.3 Å². The third kappa shape index (κ3) is 5.51. The van der Waals surface area contributed by atoms with Crippen LogP contribution in [0, 0.1) is 0 Å². The molecule has 0 bridgehead atoms. The van der Waals surface area contributed by atoms with Crippen molar-refractivity contribution in [3.05, 3.63) is 70.8 Å². The number of nitrogens with zero attached hydrogens (tertiary/aromatic N) is 2. The minimum atomic E-state index is -0.481. The molecule has 6 heteroatoms. The van der Waals surface area contributed by atoms with Gasteiger partial charge in [-0.1, -0.05) is 24.3 Å². The lowest BCUT2D eigenvalue weighted by molar-refractivity contribution is 0.0791. The minimum absolute atomic E-state index is 0.0351. The number of amides is 2. The van der Waals surface area contributed by atoms with E-state index in [1.165, 1.54) is 11.1 Å². The molecule has 1 fully saturated rings. The second-order valence-electron chi connectivity index (χ2n) is 8.53. The molecule has 0 saturated carbocycles. The van der Waals surface area contributed by atoms with Gasteiger partial charge >= 0.3 is 0 Å². The summed E-state index contributed by atoms with van der Waals surface area (Å²) in [5.74, 6) is -0.146. The average molecular weight is 422 g/mol. The van der Waals surface area contributed by atoms with Crippen molar-refractivity contribution in [1.29, 1.82) is 0 Å². The fraction of sp³-hybridized carbons (Fsp3) is 0.440. The predicted molar refractivity (Wildman–Crippen MR) is 120 cm³/mol. The van der Waals surface area contributed by atoms with Gasteiger partial charge in [0, 0.05) is 50.4 Å². The van der Waals surface area contributed by atoms with E-state index in [1.807, 2.05) is 4.90 Å². The van der Waals surface area contributed by atoms with E-state index >= 15 is 0 Å². The first kappa shape index (κ1) is 21.5. The van der Waals surface area contributed by atoms with Crippen LogP contribution in [0.15, 0.2) is 48.5 Å². The van der Waals surface area contributed by atoms with Crippen LogP contribution < -0.4 is 5.32 Å². The van der Waals surface area contributed by atoms with Crippen LogP contribution in [0.5, 0.6) is 0 Å². The molecule has 0 aliphatic carbocycles. The van der Waals surface area contributed by atoms with E-state index < -0.39 is 6.10 Å². The van der Waals surface area contributed by atoms with Crippen molar-refractivity contribution < 1.29 is 14.7 Å². The molecule has 1 unspecified atom stereocenters. The van der Waals surface area contributed by atoms with Crippen molar-refractivity contribution in [3.63, 3.8) is 0 Å². The highest BCUT2D eigenvalue weighted by Crippen LogP contribution is 2.19. The largest absolute Gasteiger partial charge is 0.392 e. The van der Waals surface area contributed by atoms with Crippen molar-refractivity contribution in [2.45, 2.75) is 38.3 Å². The maximum absolute atomic E-state index is 12.4. The van der Waals surface area contributed by atoms with Crippen LogP contribution in [-0.2, 0) is 13.0 Å². The number of β-amino-alcohol motifs (C(OH)–C–C–N with tert-alkyl or cyclic N) is 1. The van der Waals surface area contributed by atoms with Crippen molar-refractivity contribution in [3.8, 4) is 0 Å². The van der Waals surface area contributed by atoms with Gasteiger partial charge in [-0.2, -0.15) is 0 Å². The van der Waals surface area contributed by atoms with Crippen molar-refractivity contribution >= 4 is 11.8 Å². The summed E-state index contributed by atoms with van der Waals surface area (Å²) in [5.41, 5.74) is 3.88. The topological polar surface area (TPSA) is 72.9 Å². The van der Waals surface area contributed by atoms with Crippen molar-refractivity contribution in [2.75, 3.05) is 32.7 Å². The van der Waals surface area contributed by atoms with Gasteiger partial charge in [-0.3, -0.25) is 14.5 Å². The Labute approximate surface area is 183 Å². The van der Waals surface area contributed by atoms with Gasteiger partial charge in [0.15, 0.2) is 0 Å². The van der Waals surface area contributed by atoms with Crippen LogP contribution >= 0.6 is 0 Å². The fourth-order valence-electron chi connectivity index (χ4n) is 4.42. The summed E-state index contributed by atoms with van der Waals surface area (Å²) >= 11 is 0. The number of aliphatic hydroxyl groups excluding tert-OH is 1. The molecule has 31 heavy (non-hydrogen) atoms. The quantitative estimate of drug-likeness (QED) is 0.720. The zero-order valence-electron chi connectivity index (χ0n) is 17.9. The van der Waals surface area contributed by atoms with Crippen LogP contribution in [-0.4, -0.2) is 65.5 Å². The van der Waals surface area contributed by atoms with Crippen LogP contribution in [0.25, 0.3) is 0 Å². The highest BCUT2D eigenvalue weighted by atomic mass is 16.3. The molecule has 0 aromatic heterocycles. The summed E-state index contributed by atoms with van der Waals surface area (Å²) in [6, 6.07) is 15.3.